The molecule has 0 bridgehead atoms. The van der Waals surface area contributed by atoms with Crippen LogP contribution in [0.15, 0.2) is 84.9 Å². The number of fused-ring (bicyclic) bond motifs is 2. The fourth-order valence-electron chi connectivity index (χ4n) is 8.65. The Balaban J connectivity index is 1.53. The summed E-state index contributed by atoms with van der Waals surface area (Å²) in [5.41, 5.74) is 9.77. The van der Waals surface area contributed by atoms with Crippen LogP contribution in [0, 0.1) is 0 Å². The second-order valence-electron chi connectivity index (χ2n) is 13.4. The molecule has 6 rings (SSSR count). The molecule has 2 atom stereocenters. The summed E-state index contributed by atoms with van der Waals surface area (Å²) in [4.78, 5) is 0. The van der Waals surface area contributed by atoms with E-state index in [4.69, 9.17) is 18.9 Å². The first-order valence-corrected chi connectivity index (χ1v) is 35.0. The minimum atomic E-state index is -3.93. The molecule has 2 unspecified atom stereocenters. The van der Waals surface area contributed by atoms with Crippen molar-refractivity contribution in [3.63, 3.8) is 0 Å². The maximum absolute atomic E-state index is 5.65. The van der Waals surface area contributed by atoms with Crippen molar-refractivity contribution >= 4 is 17.6 Å². The van der Waals surface area contributed by atoms with Crippen LogP contribution in [-0.4, -0.2) is 33.9 Å². The molecule has 4 nitrogen and oxygen atoms in total. The summed E-state index contributed by atoms with van der Waals surface area (Å²) in [6, 6.07) is 28.8. The topological polar surface area (TPSA) is 36.9 Å². The molecule has 0 fully saturated rings. The molecule has 238 valence electrons. The van der Waals surface area contributed by atoms with Gasteiger partial charge in [0.1, 0.15) is 0 Å². The number of methoxy groups -OCH3 is 4. The van der Waals surface area contributed by atoms with Crippen molar-refractivity contribution < 1.29 is 36.1 Å². The van der Waals surface area contributed by atoms with E-state index >= 15 is 0 Å². The molecular formula is C40H46HfO4Si. The first-order chi connectivity index (χ1) is 22.2. The normalized spacial score (nSPS) is 16.6. The predicted molar refractivity (Wildman–Crippen MR) is 192 cm³/mol. The van der Waals surface area contributed by atoms with E-state index in [2.05, 4.69) is 108 Å². The summed E-state index contributed by atoms with van der Waals surface area (Å²) in [5, 5.41) is 0. The number of rotatable bonds is 10. The van der Waals surface area contributed by atoms with E-state index in [9.17, 15) is 0 Å². The fourth-order valence-corrected chi connectivity index (χ4v) is 64.9. The van der Waals surface area contributed by atoms with Gasteiger partial charge in [-0.15, -0.1) is 0 Å². The summed E-state index contributed by atoms with van der Waals surface area (Å²) in [6.07, 6.45) is 10.0. The molecule has 0 aromatic heterocycles. The second-order valence-corrected chi connectivity index (χ2v) is 59.8. The Labute approximate surface area is 275 Å². The van der Waals surface area contributed by atoms with Gasteiger partial charge in [0.15, 0.2) is 0 Å². The maximum atomic E-state index is 5.65. The molecule has 6 heteroatoms. The van der Waals surface area contributed by atoms with Crippen LogP contribution < -0.4 is 18.9 Å². The third-order valence-corrected chi connectivity index (χ3v) is 69.1. The Hall–Kier alpha value is -3.35. The van der Waals surface area contributed by atoms with Gasteiger partial charge in [-0.1, -0.05) is 0 Å². The summed E-state index contributed by atoms with van der Waals surface area (Å²) in [6.45, 7) is 4.91. The van der Waals surface area contributed by atoms with Crippen LogP contribution in [0.1, 0.15) is 43.5 Å². The van der Waals surface area contributed by atoms with Crippen LogP contribution in [0.5, 0.6) is 23.0 Å². The van der Waals surface area contributed by atoms with Gasteiger partial charge >= 0.3 is 277 Å². The first-order valence-electron chi connectivity index (χ1n) is 16.3. The van der Waals surface area contributed by atoms with E-state index in [1.54, 1.807) is 28.4 Å². The van der Waals surface area contributed by atoms with Gasteiger partial charge in [-0.2, -0.15) is 0 Å². The zero-order valence-corrected chi connectivity index (χ0v) is 33.0. The van der Waals surface area contributed by atoms with Crippen molar-refractivity contribution in [2.45, 2.75) is 42.6 Å². The van der Waals surface area contributed by atoms with E-state index in [-0.39, 0.29) is 0 Å². The number of ether oxygens (including phenoxy) is 4. The fraction of sp³-hybridized carbons (Fsp3) is 0.300. The number of benzene rings is 4. The SMILES string of the molecule is CC[Si](CC)=[Hf]([CH3])([CH3])([CH]1C=Cc2c(-c3cc(OC)cc(OC)c3)cccc21)[CH]1C=Cc2c(-c3cc(OC)cc(OC)c3)cccc21. The number of allylic oxidation sites excluding steroid dienone is 2. The third-order valence-electron chi connectivity index (χ3n) is 11.1. The molecule has 4 aromatic carbocycles. The molecule has 0 spiro atoms. The molecule has 0 amide bonds. The van der Waals surface area contributed by atoms with Crippen LogP contribution in [-0.2, 0) is 17.1 Å². The third kappa shape index (κ3) is 5.22. The second kappa shape index (κ2) is 12.7. The molecule has 2 aliphatic carbocycles. The van der Waals surface area contributed by atoms with Gasteiger partial charge in [0.2, 0.25) is 0 Å². The Bertz CT molecular complexity index is 1770. The van der Waals surface area contributed by atoms with Crippen molar-refractivity contribution in [2.75, 3.05) is 28.4 Å². The van der Waals surface area contributed by atoms with Crippen LogP contribution in [0.25, 0.3) is 34.4 Å². The van der Waals surface area contributed by atoms with Gasteiger partial charge in [-0.3, -0.25) is 0 Å². The molecule has 46 heavy (non-hydrogen) atoms. The van der Waals surface area contributed by atoms with Crippen LogP contribution >= 0.6 is 0 Å². The quantitative estimate of drug-likeness (QED) is 0.150. The van der Waals surface area contributed by atoms with Gasteiger partial charge in [-0.05, 0) is 0 Å². The summed E-state index contributed by atoms with van der Waals surface area (Å²) in [7, 11) is 6.86. The molecule has 0 saturated heterocycles. The van der Waals surface area contributed by atoms with Crippen LogP contribution in [0.4, 0.5) is 0 Å². The van der Waals surface area contributed by atoms with Crippen molar-refractivity contribution in [1.82, 2.24) is 0 Å². The van der Waals surface area contributed by atoms with Gasteiger partial charge in [0.25, 0.3) is 0 Å². The van der Waals surface area contributed by atoms with E-state index in [0.29, 0.717) is 7.35 Å². The Morgan fingerprint density at radius 3 is 1.26 bits per heavy atom. The number of hydrogen-bond donors (Lipinski definition) is 0. The van der Waals surface area contributed by atoms with Crippen molar-refractivity contribution in [3.8, 4) is 45.3 Å². The molecule has 0 heterocycles. The van der Waals surface area contributed by atoms with Crippen molar-refractivity contribution in [3.05, 3.63) is 107 Å². The first kappa shape index (κ1) is 32.6. The van der Waals surface area contributed by atoms with Gasteiger partial charge in [0.05, 0.1) is 0 Å². The van der Waals surface area contributed by atoms with E-state index in [1.165, 1.54) is 45.5 Å². The van der Waals surface area contributed by atoms with Crippen molar-refractivity contribution in [1.29, 1.82) is 0 Å². The zero-order chi connectivity index (χ0) is 32.7. The van der Waals surface area contributed by atoms with Crippen LogP contribution in [0.2, 0.25) is 21.4 Å². The molecule has 2 aliphatic rings. The Kier molecular flexibility index (Phi) is 8.99. The van der Waals surface area contributed by atoms with Gasteiger partial charge in [0, 0.05) is 0 Å². The average Bonchev–Trinajstić information content (AvgIpc) is 3.74. The molecule has 0 saturated carbocycles. The van der Waals surface area contributed by atoms with Gasteiger partial charge in [-0.25, -0.2) is 0 Å². The molecule has 0 radical (unpaired) electrons. The average molecular weight is 797 g/mol. The predicted octanol–water partition coefficient (Wildman–Crippen LogP) is 10.7. The Morgan fingerprint density at radius 2 is 0.935 bits per heavy atom. The molecule has 4 aromatic rings. The van der Waals surface area contributed by atoms with E-state index in [0.717, 1.165) is 34.1 Å². The molecule has 0 aliphatic heterocycles. The van der Waals surface area contributed by atoms with E-state index in [1.807, 2.05) is 12.1 Å². The van der Waals surface area contributed by atoms with E-state index < -0.39 is 22.6 Å². The van der Waals surface area contributed by atoms with Gasteiger partial charge < -0.3 is 0 Å². The van der Waals surface area contributed by atoms with Crippen LogP contribution in [0.3, 0.4) is 0 Å². The Morgan fingerprint density at radius 1 is 0.565 bits per heavy atom. The number of hydrogen-bond acceptors (Lipinski definition) is 4. The van der Waals surface area contributed by atoms with Crippen molar-refractivity contribution in [2.24, 2.45) is 0 Å². The zero-order valence-electron chi connectivity index (χ0n) is 28.4. The molecular weight excluding hydrogens is 751 g/mol. The standard InChI is InChI=1S/2C17H15O2.C4H10Si.2CH3.Hf/c2*1-18-14-9-13(10-15(11-14)19-2)17-8-4-6-12-5-3-7-16(12)17;1-3-5-4-2;;;/h2*3-11H,1-2H3;3-4H2,1-2H3;2*1H3;. The summed E-state index contributed by atoms with van der Waals surface area (Å²) >= 11 is -3.93. The molecule has 0 N–H and O–H groups in total. The summed E-state index contributed by atoms with van der Waals surface area (Å²) in [5.74, 6) is 3.23. The monoisotopic (exact) mass is 798 g/mol. The minimum absolute atomic E-state index is 0.467. The summed E-state index contributed by atoms with van der Waals surface area (Å²) < 4.78 is 29.2.